The van der Waals surface area contributed by atoms with Crippen molar-refractivity contribution in [2.75, 3.05) is 6.61 Å². The van der Waals surface area contributed by atoms with Gasteiger partial charge in [0.15, 0.2) is 0 Å². The molecule has 2 N–H and O–H groups in total. The van der Waals surface area contributed by atoms with Gasteiger partial charge in [-0.1, -0.05) is 48.0 Å². The molecule has 0 atom stereocenters. The zero-order valence-electron chi connectivity index (χ0n) is 10.0. The Hall–Kier alpha value is -0.380. The smallest absolute Gasteiger partial charge is 0.0728 e. The largest absolute Gasteiger partial charge is 0.375 e. The fraction of sp³-hybridized carbons (Fsp3) is 0.538. The quantitative estimate of drug-likeness (QED) is 0.869. The standard InChI is InChI=1S/C13H20BrNO/c1-3-13(15,4-2)10-16-9-11-7-5-6-8-12(11)14/h5-8H,3-4,9-10,15H2,1-2H3. The molecule has 0 spiro atoms. The predicted octanol–water partition coefficient (Wildman–Crippen LogP) is 3.48. The maximum Gasteiger partial charge on any atom is 0.0728 e. The van der Waals surface area contributed by atoms with Crippen molar-refractivity contribution in [2.24, 2.45) is 5.73 Å². The molecule has 16 heavy (non-hydrogen) atoms. The highest BCUT2D eigenvalue weighted by Crippen LogP contribution is 2.18. The molecule has 0 aliphatic carbocycles. The van der Waals surface area contributed by atoms with Gasteiger partial charge in [0, 0.05) is 10.0 Å². The van der Waals surface area contributed by atoms with Crippen LogP contribution < -0.4 is 5.73 Å². The summed E-state index contributed by atoms with van der Waals surface area (Å²) < 4.78 is 6.78. The van der Waals surface area contributed by atoms with E-state index in [4.69, 9.17) is 10.5 Å². The summed E-state index contributed by atoms with van der Waals surface area (Å²) in [6.45, 7) is 5.43. The SMILES string of the molecule is CCC(N)(CC)COCc1ccccc1Br. The van der Waals surface area contributed by atoms with E-state index in [1.165, 1.54) is 0 Å². The van der Waals surface area contributed by atoms with Crippen LogP contribution in [-0.4, -0.2) is 12.1 Å². The third-order valence-corrected chi connectivity index (χ3v) is 3.79. The third-order valence-electron chi connectivity index (χ3n) is 3.01. The second-order valence-electron chi connectivity index (χ2n) is 4.15. The zero-order chi connectivity index (χ0) is 12.0. The van der Waals surface area contributed by atoms with Gasteiger partial charge >= 0.3 is 0 Å². The van der Waals surface area contributed by atoms with Crippen LogP contribution in [0.3, 0.4) is 0 Å². The Labute approximate surface area is 106 Å². The molecule has 0 heterocycles. The van der Waals surface area contributed by atoms with Gasteiger partial charge in [0.1, 0.15) is 0 Å². The molecular formula is C13H20BrNO. The Morgan fingerprint density at radius 3 is 2.44 bits per heavy atom. The molecule has 1 aromatic rings. The van der Waals surface area contributed by atoms with Crippen LogP contribution in [0.25, 0.3) is 0 Å². The molecule has 0 fully saturated rings. The molecule has 0 amide bonds. The molecular weight excluding hydrogens is 266 g/mol. The van der Waals surface area contributed by atoms with E-state index in [-0.39, 0.29) is 5.54 Å². The Morgan fingerprint density at radius 2 is 1.88 bits per heavy atom. The van der Waals surface area contributed by atoms with Crippen LogP contribution in [0.15, 0.2) is 28.7 Å². The second-order valence-corrected chi connectivity index (χ2v) is 5.01. The summed E-state index contributed by atoms with van der Waals surface area (Å²) in [7, 11) is 0. The van der Waals surface area contributed by atoms with Gasteiger partial charge in [0.05, 0.1) is 13.2 Å². The normalized spacial score (nSPS) is 11.8. The van der Waals surface area contributed by atoms with E-state index < -0.39 is 0 Å². The van der Waals surface area contributed by atoms with E-state index in [9.17, 15) is 0 Å². The summed E-state index contributed by atoms with van der Waals surface area (Å²) >= 11 is 3.50. The van der Waals surface area contributed by atoms with Crippen molar-refractivity contribution in [3.63, 3.8) is 0 Å². The molecule has 0 aliphatic heterocycles. The van der Waals surface area contributed by atoms with Crippen LogP contribution >= 0.6 is 15.9 Å². The average molecular weight is 286 g/mol. The first kappa shape index (κ1) is 13.7. The third kappa shape index (κ3) is 3.89. The van der Waals surface area contributed by atoms with Gasteiger partial charge in [0.25, 0.3) is 0 Å². The minimum absolute atomic E-state index is 0.179. The Balaban J connectivity index is 2.44. The molecule has 1 rings (SSSR count). The van der Waals surface area contributed by atoms with Crippen molar-refractivity contribution in [1.82, 2.24) is 0 Å². The molecule has 0 radical (unpaired) electrons. The van der Waals surface area contributed by atoms with Gasteiger partial charge in [-0.05, 0) is 24.5 Å². The molecule has 0 bridgehead atoms. The molecule has 1 aromatic carbocycles. The predicted molar refractivity (Wildman–Crippen MR) is 71.3 cm³/mol. The lowest BCUT2D eigenvalue weighted by molar-refractivity contribution is 0.0693. The lowest BCUT2D eigenvalue weighted by Gasteiger charge is -2.26. The fourth-order valence-electron chi connectivity index (χ4n) is 1.43. The summed E-state index contributed by atoms with van der Waals surface area (Å²) in [6.07, 6.45) is 1.89. The summed E-state index contributed by atoms with van der Waals surface area (Å²) in [5.41, 5.74) is 7.15. The van der Waals surface area contributed by atoms with E-state index >= 15 is 0 Å². The first-order chi connectivity index (χ1) is 7.61. The topological polar surface area (TPSA) is 35.2 Å². The van der Waals surface area contributed by atoms with Gasteiger partial charge in [0.2, 0.25) is 0 Å². The molecule has 90 valence electrons. The molecule has 0 saturated heterocycles. The van der Waals surface area contributed by atoms with Crippen molar-refractivity contribution in [3.8, 4) is 0 Å². The van der Waals surface area contributed by atoms with Gasteiger partial charge in [-0.25, -0.2) is 0 Å². The van der Waals surface area contributed by atoms with E-state index in [0.717, 1.165) is 22.9 Å². The van der Waals surface area contributed by atoms with Crippen molar-refractivity contribution >= 4 is 15.9 Å². The van der Waals surface area contributed by atoms with Crippen LogP contribution in [0.4, 0.5) is 0 Å². The Bertz CT molecular complexity index is 323. The first-order valence-corrected chi connectivity index (χ1v) is 6.50. The molecule has 2 nitrogen and oxygen atoms in total. The highest BCUT2D eigenvalue weighted by molar-refractivity contribution is 9.10. The highest BCUT2D eigenvalue weighted by atomic mass is 79.9. The number of rotatable bonds is 6. The van der Waals surface area contributed by atoms with Crippen LogP contribution in [0.2, 0.25) is 0 Å². The molecule has 3 heteroatoms. The number of hydrogen-bond acceptors (Lipinski definition) is 2. The van der Waals surface area contributed by atoms with Gasteiger partial charge in [-0.2, -0.15) is 0 Å². The lowest BCUT2D eigenvalue weighted by atomic mass is 9.96. The van der Waals surface area contributed by atoms with Crippen LogP contribution in [0.1, 0.15) is 32.3 Å². The van der Waals surface area contributed by atoms with Gasteiger partial charge < -0.3 is 10.5 Å². The number of hydrogen-bond donors (Lipinski definition) is 1. The average Bonchev–Trinajstić information content (AvgIpc) is 2.31. The highest BCUT2D eigenvalue weighted by Gasteiger charge is 2.20. The fourth-order valence-corrected chi connectivity index (χ4v) is 1.83. The summed E-state index contributed by atoms with van der Waals surface area (Å²) in [5.74, 6) is 0. The minimum Gasteiger partial charge on any atom is -0.375 e. The van der Waals surface area contributed by atoms with Crippen molar-refractivity contribution in [3.05, 3.63) is 34.3 Å². The molecule has 0 aliphatic rings. The van der Waals surface area contributed by atoms with Crippen molar-refractivity contribution in [2.45, 2.75) is 38.8 Å². The van der Waals surface area contributed by atoms with Crippen molar-refractivity contribution in [1.29, 1.82) is 0 Å². The summed E-state index contributed by atoms with van der Waals surface area (Å²) in [5, 5.41) is 0. The number of nitrogens with two attached hydrogens (primary N) is 1. The molecule has 0 aromatic heterocycles. The Kier molecular flexibility index (Phi) is 5.46. The van der Waals surface area contributed by atoms with E-state index in [1.54, 1.807) is 0 Å². The lowest BCUT2D eigenvalue weighted by Crippen LogP contribution is -2.43. The van der Waals surface area contributed by atoms with Gasteiger partial charge in [-0.15, -0.1) is 0 Å². The number of benzene rings is 1. The summed E-state index contributed by atoms with van der Waals surface area (Å²) in [4.78, 5) is 0. The van der Waals surface area contributed by atoms with Gasteiger partial charge in [-0.3, -0.25) is 0 Å². The Morgan fingerprint density at radius 1 is 1.25 bits per heavy atom. The monoisotopic (exact) mass is 285 g/mol. The molecule has 0 unspecified atom stereocenters. The maximum absolute atomic E-state index is 6.16. The second kappa shape index (κ2) is 6.38. The van der Waals surface area contributed by atoms with E-state index in [1.807, 2.05) is 18.2 Å². The summed E-state index contributed by atoms with van der Waals surface area (Å²) in [6, 6.07) is 8.09. The maximum atomic E-state index is 6.16. The van der Waals surface area contributed by atoms with Crippen molar-refractivity contribution < 1.29 is 4.74 Å². The minimum atomic E-state index is -0.179. The van der Waals surface area contributed by atoms with E-state index in [2.05, 4.69) is 35.8 Å². The van der Waals surface area contributed by atoms with Crippen LogP contribution in [0, 0.1) is 0 Å². The van der Waals surface area contributed by atoms with E-state index in [0.29, 0.717) is 13.2 Å². The zero-order valence-corrected chi connectivity index (χ0v) is 11.6. The number of ether oxygens (including phenoxy) is 1. The number of halogens is 1. The molecule has 0 saturated carbocycles. The first-order valence-electron chi connectivity index (χ1n) is 5.71. The van der Waals surface area contributed by atoms with Crippen LogP contribution in [-0.2, 0) is 11.3 Å². The van der Waals surface area contributed by atoms with Crippen LogP contribution in [0.5, 0.6) is 0 Å².